The first kappa shape index (κ1) is 35.8. The summed E-state index contributed by atoms with van der Waals surface area (Å²) in [6.45, 7) is 7.52. The average molecular weight is 726 g/mol. The van der Waals surface area contributed by atoms with Crippen LogP contribution in [0.2, 0.25) is 0 Å². The van der Waals surface area contributed by atoms with Crippen molar-refractivity contribution in [3.63, 3.8) is 0 Å². The highest BCUT2D eigenvalue weighted by Crippen LogP contribution is 2.36. The van der Waals surface area contributed by atoms with Crippen molar-refractivity contribution in [2.24, 2.45) is 0 Å². The van der Waals surface area contributed by atoms with Gasteiger partial charge < -0.3 is 19.5 Å². The Labute approximate surface area is 316 Å². The number of Topliss-reactive ketones (excluding diaryl/α,β-unsaturated/α-hetero) is 2. The van der Waals surface area contributed by atoms with Crippen LogP contribution < -0.4 is 9.47 Å². The SMILES string of the molecule is CC/C(=C(\c1ccc(O)cc1)c1ccc(OCCN2CC3CC2CN3CCOc2ccc3c(c2)CN(C2CCC(=O)CC2=O)C3=O)cc1)c1ccccc1. The van der Waals surface area contributed by atoms with Crippen molar-refractivity contribution in [1.82, 2.24) is 14.7 Å². The van der Waals surface area contributed by atoms with E-state index in [9.17, 15) is 19.5 Å². The molecule has 2 bridgehead atoms. The number of carbonyl (C=O) groups excluding carboxylic acids is 3. The number of allylic oxidation sites excluding steroid dienone is 1. The summed E-state index contributed by atoms with van der Waals surface area (Å²) in [6.07, 6.45) is 2.72. The van der Waals surface area contributed by atoms with Crippen LogP contribution in [-0.2, 0) is 16.1 Å². The molecule has 278 valence electrons. The molecule has 9 nitrogen and oxygen atoms in total. The first-order valence-corrected chi connectivity index (χ1v) is 19.2. The Bertz CT molecular complexity index is 2040. The molecular weight excluding hydrogens is 679 g/mol. The minimum absolute atomic E-state index is 0.0393. The smallest absolute Gasteiger partial charge is 0.255 e. The van der Waals surface area contributed by atoms with Gasteiger partial charge in [-0.05, 0) is 95.1 Å². The Balaban J connectivity index is 0.809. The number of ether oxygens (including phenoxy) is 2. The van der Waals surface area contributed by atoms with E-state index in [2.05, 4.69) is 65.3 Å². The molecule has 3 unspecified atom stereocenters. The zero-order valence-corrected chi connectivity index (χ0v) is 30.8. The van der Waals surface area contributed by atoms with E-state index in [1.807, 2.05) is 30.3 Å². The number of hydrogen-bond donors (Lipinski definition) is 1. The molecule has 1 N–H and O–H groups in total. The zero-order valence-electron chi connectivity index (χ0n) is 30.8. The maximum absolute atomic E-state index is 13.0. The molecule has 3 atom stereocenters. The number of ketones is 2. The molecule has 2 saturated heterocycles. The van der Waals surface area contributed by atoms with Gasteiger partial charge in [0.1, 0.15) is 36.2 Å². The maximum atomic E-state index is 13.0. The van der Waals surface area contributed by atoms with Crippen molar-refractivity contribution in [3.8, 4) is 17.2 Å². The third-order valence-electron chi connectivity index (χ3n) is 11.6. The van der Waals surface area contributed by atoms with E-state index in [0.29, 0.717) is 50.2 Å². The standard InChI is InChI=1S/C45H47N3O6/c1-2-40(30-6-4-3-5-7-30)44(31-8-12-36(49)13-9-31)32-10-15-38(16-11-32)53-22-20-46-28-35-25-34(46)29-47(35)21-23-54-39-17-18-41-33(24-39)27-48(45(41)52)42-19-14-37(50)26-43(42)51/h3-13,15-18,24,34-35,42,49H,2,14,19-23,25-29H2,1H3/b44-40-. The number of nitrogens with zero attached hydrogens (tertiary/aromatic N) is 3. The third-order valence-corrected chi connectivity index (χ3v) is 11.6. The van der Waals surface area contributed by atoms with E-state index < -0.39 is 6.04 Å². The normalized spacial score (nSPS) is 21.8. The Morgan fingerprint density at radius 1 is 0.759 bits per heavy atom. The van der Waals surface area contributed by atoms with Crippen LogP contribution in [0.3, 0.4) is 0 Å². The molecule has 1 saturated carbocycles. The molecule has 4 aromatic rings. The summed E-state index contributed by atoms with van der Waals surface area (Å²) < 4.78 is 12.4. The molecule has 0 spiro atoms. The summed E-state index contributed by atoms with van der Waals surface area (Å²) in [7, 11) is 0. The molecule has 4 aliphatic rings. The van der Waals surface area contributed by atoms with Gasteiger partial charge in [-0.25, -0.2) is 0 Å². The highest BCUT2D eigenvalue weighted by molar-refractivity contribution is 6.07. The van der Waals surface area contributed by atoms with E-state index in [0.717, 1.165) is 72.8 Å². The van der Waals surface area contributed by atoms with Gasteiger partial charge in [0.25, 0.3) is 5.91 Å². The van der Waals surface area contributed by atoms with Crippen LogP contribution in [-0.4, -0.2) is 94.8 Å². The number of phenolic OH excluding ortho intramolecular Hbond substituents is 1. The summed E-state index contributed by atoms with van der Waals surface area (Å²) in [5.41, 5.74) is 7.27. The van der Waals surface area contributed by atoms with Gasteiger partial charge >= 0.3 is 0 Å². The number of phenols is 1. The first-order chi connectivity index (χ1) is 26.3. The van der Waals surface area contributed by atoms with Gasteiger partial charge in [-0.15, -0.1) is 0 Å². The second-order valence-electron chi connectivity index (χ2n) is 14.9. The van der Waals surface area contributed by atoms with Crippen molar-refractivity contribution in [2.45, 2.75) is 63.7 Å². The summed E-state index contributed by atoms with van der Waals surface area (Å²) >= 11 is 0. The van der Waals surface area contributed by atoms with Crippen molar-refractivity contribution in [1.29, 1.82) is 0 Å². The maximum Gasteiger partial charge on any atom is 0.255 e. The molecule has 1 aliphatic carbocycles. The second kappa shape index (κ2) is 15.6. The highest BCUT2D eigenvalue weighted by Gasteiger charge is 2.43. The van der Waals surface area contributed by atoms with E-state index in [1.165, 1.54) is 11.1 Å². The number of aromatic hydroxyl groups is 1. The number of likely N-dealkylation sites (tertiary alicyclic amines) is 2. The second-order valence-corrected chi connectivity index (χ2v) is 14.9. The van der Waals surface area contributed by atoms with E-state index >= 15 is 0 Å². The molecule has 0 aromatic heterocycles. The molecule has 54 heavy (non-hydrogen) atoms. The molecule has 4 aromatic carbocycles. The molecule has 9 heteroatoms. The number of benzene rings is 4. The van der Waals surface area contributed by atoms with Crippen molar-refractivity contribution >= 4 is 28.6 Å². The van der Waals surface area contributed by atoms with Gasteiger partial charge in [-0.2, -0.15) is 0 Å². The van der Waals surface area contributed by atoms with Crippen molar-refractivity contribution in [2.75, 3.05) is 39.4 Å². The lowest BCUT2D eigenvalue weighted by Gasteiger charge is -2.34. The van der Waals surface area contributed by atoms with Gasteiger partial charge in [0.05, 0.1) is 12.5 Å². The predicted molar refractivity (Wildman–Crippen MR) is 207 cm³/mol. The fourth-order valence-corrected chi connectivity index (χ4v) is 8.82. The first-order valence-electron chi connectivity index (χ1n) is 19.2. The van der Waals surface area contributed by atoms with E-state index in [-0.39, 0.29) is 29.6 Å². The predicted octanol–water partition coefficient (Wildman–Crippen LogP) is 6.62. The molecular formula is C45H47N3O6. The summed E-state index contributed by atoms with van der Waals surface area (Å²) in [4.78, 5) is 43.9. The van der Waals surface area contributed by atoms with Crippen LogP contribution in [0.25, 0.3) is 11.1 Å². The fraction of sp³-hybridized carbons (Fsp3) is 0.356. The number of rotatable bonds is 13. The van der Waals surface area contributed by atoms with Crippen molar-refractivity contribution in [3.05, 3.63) is 125 Å². The Hall–Kier alpha value is -5.25. The van der Waals surface area contributed by atoms with Crippen LogP contribution in [0, 0.1) is 0 Å². The molecule has 3 fully saturated rings. The van der Waals surface area contributed by atoms with Crippen LogP contribution >= 0.6 is 0 Å². The van der Waals surface area contributed by atoms with Crippen LogP contribution in [0.1, 0.15) is 71.6 Å². The number of carbonyl (C=O) groups is 3. The highest BCUT2D eigenvalue weighted by atomic mass is 16.5. The molecule has 3 heterocycles. The van der Waals surface area contributed by atoms with E-state index in [1.54, 1.807) is 23.1 Å². The number of amides is 1. The minimum Gasteiger partial charge on any atom is -0.508 e. The van der Waals surface area contributed by atoms with Gasteiger partial charge in [0.15, 0.2) is 5.78 Å². The van der Waals surface area contributed by atoms with Crippen LogP contribution in [0.4, 0.5) is 0 Å². The fourth-order valence-electron chi connectivity index (χ4n) is 8.82. The largest absolute Gasteiger partial charge is 0.508 e. The average Bonchev–Trinajstić information content (AvgIpc) is 3.87. The summed E-state index contributed by atoms with van der Waals surface area (Å²) in [6, 6.07) is 32.4. The monoisotopic (exact) mass is 725 g/mol. The van der Waals surface area contributed by atoms with Crippen molar-refractivity contribution < 1.29 is 29.0 Å². The lowest BCUT2D eigenvalue weighted by atomic mass is 9.88. The lowest BCUT2D eigenvalue weighted by molar-refractivity contribution is -0.133. The third kappa shape index (κ3) is 7.43. The molecule has 1 amide bonds. The van der Waals surface area contributed by atoms with Gasteiger partial charge in [-0.1, -0.05) is 61.5 Å². The van der Waals surface area contributed by atoms with Crippen LogP contribution in [0.5, 0.6) is 17.2 Å². The number of hydrogen-bond acceptors (Lipinski definition) is 8. The van der Waals surface area contributed by atoms with Gasteiger partial charge in [-0.3, -0.25) is 24.2 Å². The number of piperazine rings is 1. The topological polar surface area (TPSA) is 99.6 Å². The quantitative estimate of drug-likeness (QED) is 0.121. The molecule has 0 radical (unpaired) electrons. The van der Waals surface area contributed by atoms with E-state index in [4.69, 9.17) is 9.47 Å². The summed E-state index contributed by atoms with van der Waals surface area (Å²) in [5.74, 6) is 1.52. The Kier molecular flexibility index (Phi) is 10.3. The van der Waals surface area contributed by atoms with Crippen LogP contribution in [0.15, 0.2) is 97.1 Å². The lowest BCUT2D eigenvalue weighted by Crippen LogP contribution is -2.48. The Morgan fingerprint density at radius 2 is 1.39 bits per heavy atom. The molecule has 3 aliphatic heterocycles. The summed E-state index contributed by atoms with van der Waals surface area (Å²) in [5, 5.41) is 9.95. The Morgan fingerprint density at radius 3 is 2.02 bits per heavy atom. The van der Waals surface area contributed by atoms with Gasteiger partial charge in [0.2, 0.25) is 0 Å². The van der Waals surface area contributed by atoms with Gasteiger partial charge in [0, 0.05) is 56.8 Å². The molecule has 8 rings (SSSR count). The minimum atomic E-state index is -0.510. The zero-order chi connectivity index (χ0) is 37.2. The number of fused-ring (bicyclic) bond motifs is 3.